The fourth-order valence-corrected chi connectivity index (χ4v) is 4.83. The molecule has 0 N–H and O–H groups in total. The van der Waals surface area contributed by atoms with Crippen molar-refractivity contribution in [1.29, 1.82) is 5.26 Å². The van der Waals surface area contributed by atoms with E-state index in [-0.39, 0.29) is 6.01 Å². The molecule has 0 bridgehead atoms. The smallest absolute Gasteiger partial charge is 0.316 e. The Morgan fingerprint density at radius 2 is 1.85 bits per heavy atom. The Morgan fingerprint density at radius 1 is 1.06 bits per heavy atom. The number of rotatable bonds is 7. The molecule has 0 aliphatic carbocycles. The van der Waals surface area contributed by atoms with E-state index < -0.39 is 5.92 Å². The number of ether oxygens (including phenoxy) is 2. The molecule has 0 spiro atoms. The van der Waals surface area contributed by atoms with E-state index in [1.165, 1.54) is 16.9 Å². The van der Waals surface area contributed by atoms with Crippen LogP contribution in [0.5, 0.6) is 6.01 Å². The number of hydrogen-bond donors (Lipinski definition) is 0. The molecule has 172 valence electrons. The maximum atomic E-state index is 9.84. The van der Waals surface area contributed by atoms with E-state index in [0.29, 0.717) is 17.3 Å². The first-order valence-electron chi connectivity index (χ1n) is 11.2. The van der Waals surface area contributed by atoms with Crippen LogP contribution in [0.4, 0.5) is 0 Å². The molecule has 0 radical (unpaired) electrons. The summed E-state index contributed by atoms with van der Waals surface area (Å²) in [6.07, 6.45) is 1.61. The zero-order valence-corrected chi connectivity index (χ0v) is 19.7. The summed E-state index contributed by atoms with van der Waals surface area (Å²) in [5, 5.41) is 10.5. The standard InChI is InChI=1S/C25H24N6O2S/c1-17-2-7-22-24(28-17)34-23(29-22)20(14-26)21-8-9-27-25(30-21)33-16-19-5-3-18(4-6-19)15-31-10-12-32-13-11-31/h2-9,20H,10-13,15-16H2,1H3. The van der Waals surface area contributed by atoms with Gasteiger partial charge in [0.15, 0.2) is 0 Å². The van der Waals surface area contributed by atoms with Crippen molar-refractivity contribution in [3.63, 3.8) is 0 Å². The van der Waals surface area contributed by atoms with Crippen molar-refractivity contribution in [2.75, 3.05) is 26.3 Å². The molecule has 1 fully saturated rings. The van der Waals surface area contributed by atoms with Crippen molar-refractivity contribution in [1.82, 2.24) is 24.8 Å². The van der Waals surface area contributed by atoms with Gasteiger partial charge in [-0.15, -0.1) is 0 Å². The van der Waals surface area contributed by atoms with E-state index in [0.717, 1.165) is 54.5 Å². The number of nitriles is 1. The van der Waals surface area contributed by atoms with Crippen molar-refractivity contribution >= 4 is 21.7 Å². The van der Waals surface area contributed by atoms with Crippen LogP contribution in [-0.4, -0.2) is 51.1 Å². The van der Waals surface area contributed by atoms with Crippen LogP contribution in [0.2, 0.25) is 0 Å². The first-order chi connectivity index (χ1) is 16.7. The molecular weight excluding hydrogens is 448 g/mol. The van der Waals surface area contributed by atoms with Crippen LogP contribution in [0.1, 0.15) is 33.4 Å². The average molecular weight is 473 g/mol. The van der Waals surface area contributed by atoms with Gasteiger partial charge in [-0.05, 0) is 36.2 Å². The SMILES string of the molecule is Cc1ccc2nc(C(C#N)c3ccnc(OCc4ccc(CN5CCOCC5)cc4)n3)sc2n1. The second kappa shape index (κ2) is 10.2. The van der Waals surface area contributed by atoms with Crippen LogP contribution >= 0.6 is 11.3 Å². The molecule has 4 heterocycles. The topological polar surface area (TPSA) is 97.0 Å². The van der Waals surface area contributed by atoms with E-state index in [9.17, 15) is 5.26 Å². The number of aromatic nitrogens is 4. The summed E-state index contributed by atoms with van der Waals surface area (Å²) in [6.45, 7) is 6.74. The Morgan fingerprint density at radius 3 is 2.65 bits per heavy atom. The Labute approximate surface area is 201 Å². The van der Waals surface area contributed by atoms with Gasteiger partial charge >= 0.3 is 6.01 Å². The maximum absolute atomic E-state index is 9.84. The van der Waals surface area contributed by atoms with Gasteiger partial charge in [0, 0.05) is 31.5 Å². The Hall–Kier alpha value is -3.45. The quantitative estimate of drug-likeness (QED) is 0.400. The van der Waals surface area contributed by atoms with Gasteiger partial charge in [-0.3, -0.25) is 4.90 Å². The molecule has 3 aromatic heterocycles. The van der Waals surface area contributed by atoms with Crippen LogP contribution < -0.4 is 4.74 Å². The average Bonchev–Trinajstić information content (AvgIpc) is 3.28. The zero-order chi connectivity index (χ0) is 23.3. The molecule has 0 amide bonds. The third kappa shape index (κ3) is 5.20. The summed E-state index contributed by atoms with van der Waals surface area (Å²) in [6, 6.07) is 16.5. The van der Waals surface area contributed by atoms with Crippen molar-refractivity contribution in [3.05, 3.63) is 76.2 Å². The third-order valence-electron chi connectivity index (χ3n) is 5.64. The second-order valence-electron chi connectivity index (χ2n) is 8.15. The monoisotopic (exact) mass is 472 g/mol. The fraction of sp³-hybridized carbons (Fsp3) is 0.320. The summed E-state index contributed by atoms with van der Waals surface area (Å²) < 4.78 is 11.3. The number of thiazole rings is 1. The normalized spacial score (nSPS) is 15.2. The predicted molar refractivity (Wildman–Crippen MR) is 129 cm³/mol. The lowest BCUT2D eigenvalue weighted by atomic mass is 10.1. The molecule has 1 aliphatic rings. The van der Waals surface area contributed by atoms with Gasteiger partial charge in [-0.25, -0.2) is 15.0 Å². The highest BCUT2D eigenvalue weighted by atomic mass is 32.1. The fourth-order valence-electron chi connectivity index (χ4n) is 3.79. The first kappa shape index (κ1) is 22.3. The lowest BCUT2D eigenvalue weighted by molar-refractivity contribution is 0.0342. The largest absolute Gasteiger partial charge is 0.459 e. The van der Waals surface area contributed by atoms with Gasteiger partial charge in [0.25, 0.3) is 0 Å². The van der Waals surface area contributed by atoms with Gasteiger partial charge in [0.1, 0.15) is 27.9 Å². The van der Waals surface area contributed by atoms with E-state index >= 15 is 0 Å². The van der Waals surface area contributed by atoms with Crippen LogP contribution in [0, 0.1) is 18.3 Å². The molecule has 0 saturated carbocycles. The molecule has 1 atom stereocenters. The summed E-state index contributed by atoms with van der Waals surface area (Å²) in [5.41, 5.74) is 4.56. The van der Waals surface area contributed by atoms with E-state index in [2.05, 4.69) is 55.2 Å². The minimum atomic E-state index is -0.607. The van der Waals surface area contributed by atoms with Gasteiger partial charge in [-0.1, -0.05) is 35.6 Å². The highest BCUT2D eigenvalue weighted by Crippen LogP contribution is 2.30. The lowest BCUT2D eigenvalue weighted by Crippen LogP contribution is -2.35. The number of aryl methyl sites for hydroxylation is 1. The highest BCUT2D eigenvalue weighted by molar-refractivity contribution is 7.18. The summed E-state index contributed by atoms with van der Waals surface area (Å²) >= 11 is 1.41. The summed E-state index contributed by atoms with van der Waals surface area (Å²) in [7, 11) is 0. The van der Waals surface area contributed by atoms with Gasteiger partial charge < -0.3 is 9.47 Å². The second-order valence-corrected chi connectivity index (χ2v) is 9.16. The molecule has 34 heavy (non-hydrogen) atoms. The van der Waals surface area contributed by atoms with Crippen LogP contribution in [0.15, 0.2) is 48.7 Å². The van der Waals surface area contributed by atoms with Crippen molar-refractivity contribution in [2.45, 2.75) is 26.0 Å². The van der Waals surface area contributed by atoms with Crippen LogP contribution in [0.3, 0.4) is 0 Å². The molecule has 9 heteroatoms. The number of hydrogen-bond acceptors (Lipinski definition) is 9. The molecule has 1 saturated heterocycles. The van der Waals surface area contributed by atoms with Gasteiger partial charge in [-0.2, -0.15) is 10.2 Å². The molecule has 8 nitrogen and oxygen atoms in total. The van der Waals surface area contributed by atoms with E-state index in [1.54, 1.807) is 12.3 Å². The molecular formula is C25H24N6O2S. The molecule has 1 aliphatic heterocycles. The minimum Gasteiger partial charge on any atom is -0.459 e. The number of benzene rings is 1. The van der Waals surface area contributed by atoms with Crippen molar-refractivity contribution in [2.24, 2.45) is 0 Å². The number of nitrogens with zero attached hydrogens (tertiary/aromatic N) is 6. The van der Waals surface area contributed by atoms with E-state index in [1.807, 2.05) is 19.1 Å². The van der Waals surface area contributed by atoms with Crippen LogP contribution in [-0.2, 0) is 17.9 Å². The Bertz CT molecular complexity index is 1310. The summed E-state index contributed by atoms with van der Waals surface area (Å²) in [5.74, 6) is -0.607. The Kier molecular flexibility index (Phi) is 6.72. The number of morpholine rings is 1. The Balaban J connectivity index is 1.25. The first-order valence-corrected chi connectivity index (χ1v) is 12.0. The van der Waals surface area contributed by atoms with Crippen molar-refractivity contribution < 1.29 is 9.47 Å². The van der Waals surface area contributed by atoms with E-state index in [4.69, 9.17) is 9.47 Å². The molecule has 1 aromatic carbocycles. The highest BCUT2D eigenvalue weighted by Gasteiger charge is 2.21. The molecule has 5 rings (SSSR count). The number of pyridine rings is 1. The maximum Gasteiger partial charge on any atom is 0.316 e. The van der Waals surface area contributed by atoms with Crippen molar-refractivity contribution in [3.8, 4) is 12.1 Å². The minimum absolute atomic E-state index is 0.241. The zero-order valence-electron chi connectivity index (χ0n) is 18.8. The molecule has 4 aromatic rings. The third-order valence-corrected chi connectivity index (χ3v) is 6.67. The number of fused-ring (bicyclic) bond motifs is 1. The van der Waals surface area contributed by atoms with Gasteiger partial charge in [0.2, 0.25) is 0 Å². The summed E-state index contributed by atoms with van der Waals surface area (Å²) in [4.78, 5) is 21.0. The van der Waals surface area contributed by atoms with Gasteiger partial charge in [0.05, 0.1) is 25.0 Å². The predicted octanol–water partition coefficient (Wildman–Crippen LogP) is 3.86. The van der Waals surface area contributed by atoms with Crippen LogP contribution in [0.25, 0.3) is 10.3 Å². The molecule has 1 unspecified atom stereocenters. The lowest BCUT2D eigenvalue weighted by Gasteiger charge is -2.26.